The summed E-state index contributed by atoms with van der Waals surface area (Å²) in [6.07, 6.45) is 0.604. The summed E-state index contributed by atoms with van der Waals surface area (Å²) in [7, 11) is 0. The molecule has 2 aliphatic rings. The Hall–Kier alpha value is -0.650. The van der Waals surface area contributed by atoms with Gasteiger partial charge in [0.1, 0.15) is 0 Å². The normalized spacial score (nSPS) is 23.1. The maximum Gasteiger partial charge on any atom is 0.224 e. The lowest BCUT2D eigenvalue weighted by atomic mass is 9.96. The third kappa shape index (κ3) is 3.43. The summed E-state index contributed by atoms with van der Waals surface area (Å²) in [6.45, 7) is 11.3. The molecule has 2 aliphatic heterocycles. The topological polar surface area (TPSA) is 44.8 Å². The van der Waals surface area contributed by atoms with Crippen molar-refractivity contribution in [1.82, 2.24) is 15.1 Å². The minimum absolute atomic E-state index is 0.0442. The number of rotatable bonds is 3. The van der Waals surface area contributed by atoms with E-state index < -0.39 is 0 Å². The van der Waals surface area contributed by atoms with Crippen LogP contribution in [0.5, 0.6) is 0 Å². The summed E-state index contributed by atoms with van der Waals surface area (Å²) in [6, 6.07) is 0. The zero-order valence-electron chi connectivity index (χ0n) is 11.6. The van der Waals surface area contributed by atoms with Gasteiger partial charge in [0.25, 0.3) is 0 Å². The molecule has 2 saturated heterocycles. The molecule has 0 aliphatic carbocycles. The first kappa shape index (κ1) is 13.8. The molecular formula is C13H25N3O2. The first-order chi connectivity index (χ1) is 8.59. The SMILES string of the molecule is CC(C)(CC(=O)N1CCOCC1)N1CCNCC1. The Kier molecular flexibility index (Phi) is 4.59. The summed E-state index contributed by atoms with van der Waals surface area (Å²) in [5.41, 5.74) is -0.0442. The third-order valence-corrected chi connectivity index (χ3v) is 3.92. The van der Waals surface area contributed by atoms with Crippen LogP contribution in [0.3, 0.4) is 0 Å². The highest BCUT2D eigenvalue weighted by Gasteiger charge is 2.32. The second kappa shape index (κ2) is 5.99. The fourth-order valence-corrected chi connectivity index (χ4v) is 2.68. The second-order valence-electron chi connectivity index (χ2n) is 5.72. The number of carbonyl (C=O) groups excluding carboxylic acids is 1. The first-order valence-electron chi connectivity index (χ1n) is 6.91. The van der Waals surface area contributed by atoms with E-state index in [1.807, 2.05) is 4.90 Å². The molecule has 2 fully saturated rings. The summed E-state index contributed by atoms with van der Waals surface area (Å²) in [5, 5.41) is 3.35. The van der Waals surface area contributed by atoms with Crippen molar-refractivity contribution in [2.45, 2.75) is 25.8 Å². The average Bonchev–Trinajstić information content (AvgIpc) is 2.40. The van der Waals surface area contributed by atoms with Crippen LogP contribution in [-0.4, -0.2) is 73.7 Å². The molecule has 0 aromatic carbocycles. The maximum atomic E-state index is 12.3. The van der Waals surface area contributed by atoms with Gasteiger partial charge >= 0.3 is 0 Å². The zero-order valence-corrected chi connectivity index (χ0v) is 11.6. The molecule has 0 atom stereocenters. The molecule has 0 saturated carbocycles. The van der Waals surface area contributed by atoms with Crippen molar-refractivity contribution in [2.75, 3.05) is 52.5 Å². The number of amides is 1. The van der Waals surface area contributed by atoms with Gasteiger partial charge in [-0.3, -0.25) is 9.69 Å². The number of hydrogen-bond donors (Lipinski definition) is 1. The van der Waals surface area contributed by atoms with Crippen molar-refractivity contribution in [3.05, 3.63) is 0 Å². The van der Waals surface area contributed by atoms with Crippen LogP contribution >= 0.6 is 0 Å². The molecule has 2 rings (SSSR count). The van der Waals surface area contributed by atoms with Crippen LogP contribution in [0.25, 0.3) is 0 Å². The Morgan fingerprint density at radius 2 is 1.78 bits per heavy atom. The van der Waals surface area contributed by atoms with Crippen molar-refractivity contribution in [3.8, 4) is 0 Å². The Bertz CT molecular complexity index is 282. The van der Waals surface area contributed by atoms with Gasteiger partial charge in [0.05, 0.1) is 13.2 Å². The van der Waals surface area contributed by atoms with Gasteiger partial charge in [0.15, 0.2) is 0 Å². The van der Waals surface area contributed by atoms with Gasteiger partial charge in [-0.2, -0.15) is 0 Å². The minimum atomic E-state index is -0.0442. The summed E-state index contributed by atoms with van der Waals surface area (Å²) >= 11 is 0. The molecule has 0 spiro atoms. The first-order valence-corrected chi connectivity index (χ1v) is 6.91. The van der Waals surface area contributed by atoms with Crippen molar-refractivity contribution in [2.24, 2.45) is 0 Å². The number of nitrogens with one attached hydrogen (secondary N) is 1. The number of morpholine rings is 1. The lowest BCUT2D eigenvalue weighted by Gasteiger charge is -2.42. The van der Waals surface area contributed by atoms with Crippen LogP contribution in [0.15, 0.2) is 0 Å². The van der Waals surface area contributed by atoms with Crippen LogP contribution in [0.4, 0.5) is 0 Å². The van der Waals surface area contributed by atoms with Gasteiger partial charge in [-0.1, -0.05) is 0 Å². The zero-order chi connectivity index (χ0) is 13.0. The molecular weight excluding hydrogens is 230 g/mol. The standard InChI is InChI=1S/C13H25N3O2/c1-13(2,16-5-3-14-4-6-16)11-12(17)15-7-9-18-10-8-15/h14H,3-11H2,1-2H3. The maximum absolute atomic E-state index is 12.3. The lowest BCUT2D eigenvalue weighted by Crippen LogP contribution is -2.55. The van der Waals surface area contributed by atoms with E-state index in [1.54, 1.807) is 0 Å². The lowest BCUT2D eigenvalue weighted by molar-refractivity contribution is -0.138. The Balaban J connectivity index is 1.87. The predicted octanol–water partition coefficient (Wildman–Crippen LogP) is -0.0809. The fraction of sp³-hybridized carbons (Fsp3) is 0.923. The van der Waals surface area contributed by atoms with Crippen LogP contribution in [0, 0.1) is 0 Å². The van der Waals surface area contributed by atoms with Crippen molar-refractivity contribution in [1.29, 1.82) is 0 Å². The molecule has 5 nitrogen and oxygen atoms in total. The predicted molar refractivity (Wildman–Crippen MR) is 70.5 cm³/mol. The van der Waals surface area contributed by atoms with E-state index in [4.69, 9.17) is 4.74 Å². The Morgan fingerprint density at radius 1 is 1.17 bits per heavy atom. The molecule has 1 amide bonds. The Morgan fingerprint density at radius 3 is 2.39 bits per heavy atom. The van der Waals surface area contributed by atoms with Gasteiger partial charge in [-0.25, -0.2) is 0 Å². The van der Waals surface area contributed by atoms with E-state index in [-0.39, 0.29) is 11.4 Å². The van der Waals surface area contributed by atoms with Crippen molar-refractivity contribution < 1.29 is 9.53 Å². The van der Waals surface area contributed by atoms with Gasteiger partial charge in [0.2, 0.25) is 5.91 Å². The molecule has 18 heavy (non-hydrogen) atoms. The fourth-order valence-electron chi connectivity index (χ4n) is 2.68. The molecule has 0 bridgehead atoms. The minimum Gasteiger partial charge on any atom is -0.378 e. The van der Waals surface area contributed by atoms with E-state index in [2.05, 4.69) is 24.1 Å². The molecule has 104 valence electrons. The van der Waals surface area contributed by atoms with Crippen LogP contribution in [0.1, 0.15) is 20.3 Å². The van der Waals surface area contributed by atoms with E-state index >= 15 is 0 Å². The number of ether oxygens (including phenoxy) is 1. The summed E-state index contributed by atoms with van der Waals surface area (Å²) < 4.78 is 5.28. The molecule has 0 unspecified atom stereocenters. The van der Waals surface area contributed by atoms with Crippen LogP contribution < -0.4 is 5.32 Å². The molecule has 5 heteroatoms. The van der Waals surface area contributed by atoms with Gasteiger partial charge in [-0.15, -0.1) is 0 Å². The second-order valence-corrected chi connectivity index (χ2v) is 5.72. The van der Waals surface area contributed by atoms with E-state index in [0.29, 0.717) is 19.6 Å². The number of piperazine rings is 1. The van der Waals surface area contributed by atoms with Gasteiger partial charge < -0.3 is 15.0 Å². The third-order valence-electron chi connectivity index (χ3n) is 3.92. The molecule has 0 aromatic heterocycles. The number of carbonyl (C=O) groups is 1. The van der Waals surface area contributed by atoms with Crippen molar-refractivity contribution >= 4 is 5.91 Å². The van der Waals surface area contributed by atoms with Crippen LogP contribution in [0.2, 0.25) is 0 Å². The number of nitrogens with zero attached hydrogens (tertiary/aromatic N) is 2. The highest BCUT2D eigenvalue weighted by Crippen LogP contribution is 2.20. The molecule has 1 N–H and O–H groups in total. The molecule has 0 aromatic rings. The highest BCUT2D eigenvalue weighted by molar-refractivity contribution is 5.77. The number of hydrogen-bond acceptors (Lipinski definition) is 4. The van der Waals surface area contributed by atoms with Gasteiger partial charge in [0, 0.05) is 51.2 Å². The van der Waals surface area contributed by atoms with E-state index in [1.165, 1.54) is 0 Å². The highest BCUT2D eigenvalue weighted by atomic mass is 16.5. The van der Waals surface area contributed by atoms with Gasteiger partial charge in [-0.05, 0) is 13.8 Å². The van der Waals surface area contributed by atoms with Crippen LogP contribution in [-0.2, 0) is 9.53 Å². The monoisotopic (exact) mass is 255 g/mol. The Labute approximate surface area is 109 Å². The quantitative estimate of drug-likeness (QED) is 0.766. The van der Waals surface area contributed by atoms with E-state index in [0.717, 1.165) is 39.3 Å². The van der Waals surface area contributed by atoms with E-state index in [9.17, 15) is 4.79 Å². The largest absolute Gasteiger partial charge is 0.378 e. The molecule has 0 radical (unpaired) electrons. The van der Waals surface area contributed by atoms with Crippen molar-refractivity contribution in [3.63, 3.8) is 0 Å². The smallest absolute Gasteiger partial charge is 0.224 e. The summed E-state index contributed by atoms with van der Waals surface area (Å²) in [5.74, 6) is 0.266. The molecule has 2 heterocycles. The summed E-state index contributed by atoms with van der Waals surface area (Å²) in [4.78, 5) is 16.6. The average molecular weight is 255 g/mol.